The summed E-state index contributed by atoms with van der Waals surface area (Å²) in [4.78, 5) is 13.3. The Bertz CT molecular complexity index is 582. The van der Waals surface area contributed by atoms with Crippen LogP contribution >= 0.6 is 23.1 Å². The molecule has 0 atom stereocenters. The van der Waals surface area contributed by atoms with Crippen molar-refractivity contribution in [3.05, 3.63) is 35.4 Å². The lowest BCUT2D eigenvalue weighted by Gasteiger charge is -2.04. The van der Waals surface area contributed by atoms with Crippen molar-refractivity contribution in [3.8, 4) is 0 Å². The number of esters is 1. The molecule has 2 rings (SSSR count). The zero-order valence-electron chi connectivity index (χ0n) is 11.5. The first-order valence-corrected chi connectivity index (χ1v) is 7.71. The molecule has 0 amide bonds. The van der Waals surface area contributed by atoms with Gasteiger partial charge in [0.15, 0.2) is 4.34 Å². The molecule has 0 aliphatic heterocycles. The minimum absolute atomic E-state index is 0.316. The van der Waals surface area contributed by atoms with Crippen LogP contribution in [-0.4, -0.2) is 37.4 Å². The van der Waals surface area contributed by atoms with Gasteiger partial charge in [-0.05, 0) is 17.7 Å². The Hall–Kier alpha value is -1.60. The van der Waals surface area contributed by atoms with Crippen molar-refractivity contribution in [3.63, 3.8) is 0 Å². The third kappa shape index (κ3) is 3.71. The van der Waals surface area contributed by atoms with Gasteiger partial charge in [-0.3, -0.25) is 0 Å². The normalized spacial score (nSPS) is 10.3. The molecule has 0 saturated carbocycles. The van der Waals surface area contributed by atoms with Crippen LogP contribution in [0.25, 0.3) is 0 Å². The van der Waals surface area contributed by atoms with E-state index in [-0.39, 0.29) is 5.97 Å². The molecule has 0 aliphatic rings. The van der Waals surface area contributed by atoms with E-state index in [0.717, 1.165) is 20.8 Å². The number of ether oxygens (including phenoxy) is 1. The maximum absolute atomic E-state index is 11.3. The van der Waals surface area contributed by atoms with Crippen molar-refractivity contribution in [1.82, 2.24) is 10.2 Å². The monoisotopic (exact) mass is 309 g/mol. The van der Waals surface area contributed by atoms with Gasteiger partial charge < -0.3 is 9.64 Å². The summed E-state index contributed by atoms with van der Waals surface area (Å²) in [6.45, 7) is 0. The lowest BCUT2D eigenvalue weighted by molar-refractivity contribution is 0.0600. The highest BCUT2D eigenvalue weighted by Gasteiger charge is 2.08. The summed E-state index contributed by atoms with van der Waals surface area (Å²) < 4.78 is 5.60. The van der Waals surface area contributed by atoms with Gasteiger partial charge in [0.05, 0.1) is 12.7 Å². The van der Waals surface area contributed by atoms with Crippen LogP contribution in [0.5, 0.6) is 0 Å². The number of methoxy groups -OCH3 is 1. The van der Waals surface area contributed by atoms with Crippen molar-refractivity contribution >= 4 is 34.2 Å². The van der Waals surface area contributed by atoms with E-state index in [0.29, 0.717) is 5.56 Å². The second-order valence-electron chi connectivity index (χ2n) is 4.22. The topological polar surface area (TPSA) is 55.3 Å². The van der Waals surface area contributed by atoms with Gasteiger partial charge in [0, 0.05) is 19.8 Å². The number of aromatic nitrogens is 2. The quantitative estimate of drug-likeness (QED) is 0.625. The van der Waals surface area contributed by atoms with Gasteiger partial charge in [0.25, 0.3) is 0 Å². The first-order chi connectivity index (χ1) is 9.60. The zero-order valence-corrected chi connectivity index (χ0v) is 13.1. The number of rotatable bonds is 5. The van der Waals surface area contributed by atoms with Crippen molar-refractivity contribution in [2.45, 2.75) is 10.1 Å². The lowest BCUT2D eigenvalue weighted by Crippen LogP contribution is -2.07. The van der Waals surface area contributed by atoms with E-state index >= 15 is 0 Å². The molecule has 1 aromatic carbocycles. The molecule has 0 aliphatic carbocycles. The van der Waals surface area contributed by atoms with Crippen molar-refractivity contribution < 1.29 is 9.53 Å². The fourth-order valence-electron chi connectivity index (χ4n) is 1.44. The zero-order chi connectivity index (χ0) is 14.5. The van der Waals surface area contributed by atoms with E-state index in [1.165, 1.54) is 7.11 Å². The highest BCUT2D eigenvalue weighted by molar-refractivity contribution is 8.00. The third-order valence-corrected chi connectivity index (χ3v) is 4.81. The molecular formula is C13H15N3O2S2. The molecule has 0 saturated heterocycles. The van der Waals surface area contributed by atoms with Gasteiger partial charge in [-0.1, -0.05) is 35.2 Å². The van der Waals surface area contributed by atoms with E-state index in [9.17, 15) is 4.79 Å². The molecule has 0 bridgehead atoms. The molecule has 2 aromatic rings. The molecule has 7 heteroatoms. The van der Waals surface area contributed by atoms with E-state index < -0.39 is 0 Å². The average Bonchev–Trinajstić information content (AvgIpc) is 2.94. The summed E-state index contributed by atoms with van der Waals surface area (Å²) in [5, 5.41) is 9.11. The molecular weight excluding hydrogens is 294 g/mol. The van der Waals surface area contributed by atoms with Crippen LogP contribution in [0.2, 0.25) is 0 Å². The average molecular weight is 309 g/mol. The first kappa shape index (κ1) is 14.8. The fourth-order valence-corrected chi connectivity index (χ4v) is 3.16. The lowest BCUT2D eigenvalue weighted by atomic mass is 10.1. The Morgan fingerprint density at radius 3 is 2.55 bits per heavy atom. The van der Waals surface area contributed by atoms with Gasteiger partial charge in [-0.15, -0.1) is 10.2 Å². The fraction of sp³-hybridized carbons (Fsp3) is 0.308. The molecule has 20 heavy (non-hydrogen) atoms. The van der Waals surface area contributed by atoms with E-state index in [2.05, 4.69) is 14.9 Å². The highest BCUT2D eigenvalue weighted by Crippen LogP contribution is 2.29. The number of benzene rings is 1. The number of hydrogen-bond acceptors (Lipinski definition) is 7. The third-order valence-electron chi connectivity index (χ3n) is 2.52. The summed E-state index contributed by atoms with van der Waals surface area (Å²) in [6.07, 6.45) is 0. The van der Waals surface area contributed by atoms with Gasteiger partial charge in [0.1, 0.15) is 0 Å². The molecule has 5 nitrogen and oxygen atoms in total. The van der Waals surface area contributed by atoms with Crippen molar-refractivity contribution in [1.29, 1.82) is 0 Å². The summed E-state index contributed by atoms with van der Waals surface area (Å²) in [5.41, 5.74) is 1.69. The molecule has 106 valence electrons. The highest BCUT2D eigenvalue weighted by atomic mass is 32.2. The Balaban J connectivity index is 1.95. The van der Waals surface area contributed by atoms with E-state index in [4.69, 9.17) is 0 Å². The minimum Gasteiger partial charge on any atom is -0.465 e. The molecule has 0 unspecified atom stereocenters. The van der Waals surface area contributed by atoms with Crippen LogP contribution in [0.15, 0.2) is 28.6 Å². The standard InChI is InChI=1S/C13H15N3O2S2/c1-16(2)12-14-15-13(20-12)19-8-9-4-6-10(7-5-9)11(17)18-3/h4-7H,8H2,1-3H3. The number of carbonyl (C=O) groups is 1. The van der Waals surface area contributed by atoms with Crippen LogP contribution in [-0.2, 0) is 10.5 Å². The molecule has 1 heterocycles. The smallest absolute Gasteiger partial charge is 0.337 e. The van der Waals surface area contributed by atoms with Crippen LogP contribution in [0.4, 0.5) is 5.13 Å². The maximum Gasteiger partial charge on any atom is 0.337 e. The Labute approximate surface area is 126 Å². The number of nitrogens with zero attached hydrogens (tertiary/aromatic N) is 3. The molecule has 0 radical (unpaired) electrons. The van der Waals surface area contributed by atoms with Crippen molar-refractivity contribution in [2.75, 3.05) is 26.1 Å². The van der Waals surface area contributed by atoms with Gasteiger partial charge in [-0.25, -0.2) is 4.79 Å². The number of hydrogen-bond donors (Lipinski definition) is 0. The number of anilines is 1. The summed E-state index contributed by atoms with van der Waals surface area (Å²) in [5.74, 6) is 0.479. The molecule has 0 fully saturated rings. The summed E-state index contributed by atoms with van der Waals surface area (Å²) in [7, 11) is 5.27. The van der Waals surface area contributed by atoms with E-state index in [1.807, 2.05) is 31.1 Å². The predicted molar refractivity (Wildman–Crippen MR) is 81.6 cm³/mol. The van der Waals surface area contributed by atoms with E-state index in [1.54, 1.807) is 35.2 Å². The Morgan fingerprint density at radius 1 is 1.30 bits per heavy atom. The Kier molecular flexibility index (Phi) is 4.97. The van der Waals surface area contributed by atoms with Crippen LogP contribution in [0.1, 0.15) is 15.9 Å². The second kappa shape index (κ2) is 6.71. The number of thioether (sulfide) groups is 1. The van der Waals surface area contributed by atoms with Crippen LogP contribution in [0, 0.1) is 0 Å². The van der Waals surface area contributed by atoms with Gasteiger partial charge >= 0.3 is 5.97 Å². The number of carbonyl (C=O) groups excluding carboxylic acids is 1. The van der Waals surface area contributed by atoms with Crippen molar-refractivity contribution in [2.24, 2.45) is 0 Å². The summed E-state index contributed by atoms with van der Waals surface area (Å²) >= 11 is 3.20. The first-order valence-electron chi connectivity index (χ1n) is 5.91. The van der Waals surface area contributed by atoms with Gasteiger partial charge in [-0.2, -0.15) is 0 Å². The molecule has 1 aromatic heterocycles. The van der Waals surface area contributed by atoms with Gasteiger partial charge in [0.2, 0.25) is 5.13 Å². The van der Waals surface area contributed by atoms with Crippen LogP contribution < -0.4 is 4.90 Å². The predicted octanol–water partition coefficient (Wildman–Crippen LogP) is 2.68. The second-order valence-corrected chi connectivity index (χ2v) is 6.40. The maximum atomic E-state index is 11.3. The minimum atomic E-state index is -0.316. The Morgan fingerprint density at radius 2 is 2.00 bits per heavy atom. The summed E-state index contributed by atoms with van der Waals surface area (Å²) in [6, 6.07) is 7.39. The van der Waals surface area contributed by atoms with Crippen LogP contribution in [0.3, 0.4) is 0 Å². The molecule has 0 spiro atoms. The molecule has 0 N–H and O–H groups in total. The largest absolute Gasteiger partial charge is 0.465 e. The SMILES string of the molecule is COC(=O)c1ccc(CSc2nnc(N(C)C)s2)cc1.